The number of amides is 1. The molecule has 2 aromatic rings. The Morgan fingerprint density at radius 1 is 1.07 bits per heavy atom. The summed E-state index contributed by atoms with van der Waals surface area (Å²) in [5.74, 6) is -0.578. The first-order valence-corrected chi connectivity index (χ1v) is 8.96. The lowest BCUT2D eigenvalue weighted by Crippen LogP contribution is -2.49. The van der Waals surface area contributed by atoms with Crippen LogP contribution >= 0.6 is 46.4 Å². The Morgan fingerprint density at radius 2 is 1.74 bits per heavy atom. The molecule has 2 N–H and O–H groups in total. The van der Waals surface area contributed by atoms with Crippen molar-refractivity contribution in [3.63, 3.8) is 0 Å². The van der Waals surface area contributed by atoms with E-state index in [1.807, 2.05) is 0 Å². The fourth-order valence-corrected chi connectivity index (χ4v) is 2.67. The second-order valence-electron chi connectivity index (χ2n) is 5.65. The third-order valence-electron chi connectivity index (χ3n) is 3.48. The van der Waals surface area contributed by atoms with Crippen molar-refractivity contribution in [1.29, 1.82) is 0 Å². The lowest BCUT2D eigenvalue weighted by molar-refractivity contribution is -0.137. The normalized spacial score (nSPS) is 13.2. The van der Waals surface area contributed by atoms with E-state index in [2.05, 4.69) is 10.6 Å². The molecule has 0 aliphatic rings. The van der Waals surface area contributed by atoms with Crippen LogP contribution in [-0.4, -0.2) is 15.9 Å². The number of aryl methyl sites for hydroxylation is 1. The number of halogens is 7. The third-order valence-corrected chi connectivity index (χ3v) is 4.46. The second kappa shape index (κ2) is 8.35. The average molecular weight is 460 g/mol. The Bertz CT molecular complexity index is 838. The maximum Gasteiger partial charge on any atom is 0.416 e. The van der Waals surface area contributed by atoms with Gasteiger partial charge in [-0.05, 0) is 37.3 Å². The van der Waals surface area contributed by atoms with Crippen molar-refractivity contribution >= 4 is 58.0 Å². The number of hydrogen-bond acceptors (Lipinski definition) is 2. The monoisotopic (exact) mass is 458 g/mol. The molecule has 0 saturated heterocycles. The minimum atomic E-state index is -4.58. The topological polar surface area (TPSA) is 41.1 Å². The van der Waals surface area contributed by atoms with Gasteiger partial charge in [-0.2, -0.15) is 13.2 Å². The highest BCUT2D eigenvalue weighted by atomic mass is 35.6. The highest BCUT2D eigenvalue weighted by molar-refractivity contribution is 6.68. The molecule has 2 rings (SSSR count). The van der Waals surface area contributed by atoms with Gasteiger partial charge in [0.2, 0.25) is 3.79 Å². The standard InChI is InChI=1S/C17H13Cl4F3N2O/c1-9-3-2-4-10(7-9)14(27)26-15(16(19,20)21)25-13-8-11(17(22,23)24)5-6-12(13)18/h2-8,15,25H,1H3,(H,26,27). The molecule has 0 spiro atoms. The number of benzene rings is 2. The maximum absolute atomic E-state index is 12.9. The van der Waals surface area contributed by atoms with Crippen molar-refractivity contribution < 1.29 is 18.0 Å². The van der Waals surface area contributed by atoms with Crippen LogP contribution in [-0.2, 0) is 6.18 Å². The Hall–Kier alpha value is -1.34. The van der Waals surface area contributed by atoms with Crippen LogP contribution < -0.4 is 10.6 Å². The molecular formula is C17H13Cl4F3N2O. The first-order valence-electron chi connectivity index (χ1n) is 7.45. The summed E-state index contributed by atoms with van der Waals surface area (Å²) in [6.45, 7) is 1.80. The van der Waals surface area contributed by atoms with Gasteiger partial charge in [-0.1, -0.05) is 64.1 Å². The summed E-state index contributed by atoms with van der Waals surface area (Å²) in [5.41, 5.74) is 0.0444. The van der Waals surface area contributed by atoms with Gasteiger partial charge in [0.25, 0.3) is 5.91 Å². The van der Waals surface area contributed by atoms with Gasteiger partial charge in [-0.25, -0.2) is 0 Å². The van der Waals surface area contributed by atoms with E-state index in [4.69, 9.17) is 46.4 Å². The quantitative estimate of drug-likeness (QED) is 0.421. The highest BCUT2D eigenvalue weighted by Gasteiger charge is 2.36. The average Bonchev–Trinajstić information content (AvgIpc) is 2.54. The van der Waals surface area contributed by atoms with E-state index in [9.17, 15) is 18.0 Å². The number of rotatable bonds is 4. The van der Waals surface area contributed by atoms with Crippen LogP contribution in [0.1, 0.15) is 21.5 Å². The summed E-state index contributed by atoms with van der Waals surface area (Å²) in [6.07, 6.45) is -5.93. The number of alkyl halides is 6. The molecule has 3 nitrogen and oxygen atoms in total. The smallest absolute Gasteiger partial charge is 0.361 e. The Morgan fingerprint density at radius 3 is 2.30 bits per heavy atom. The zero-order valence-corrected chi connectivity index (χ0v) is 16.7. The van der Waals surface area contributed by atoms with Gasteiger partial charge < -0.3 is 10.6 Å². The van der Waals surface area contributed by atoms with Crippen LogP contribution in [0, 0.1) is 6.92 Å². The summed E-state index contributed by atoms with van der Waals surface area (Å²) in [4.78, 5) is 12.4. The number of carbonyl (C=O) groups is 1. The molecule has 0 heterocycles. The van der Waals surface area contributed by atoms with E-state index in [-0.39, 0.29) is 10.7 Å². The number of anilines is 1. The summed E-state index contributed by atoms with van der Waals surface area (Å²) >= 11 is 23.6. The fourth-order valence-electron chi connectivity index (χ4n) is 2.17. The lowest BCUT2D eigenvalue weighted by Gasteiger charge is -2.28. The van der Waals surface area contributed by atoms with Gasteiger partial charge in [0.15, 0.2) is 0 Å². The van der Waals surface area contributed by atoms with Crippen molar-refractivity contribution in [3.05, 3.63) is 64.2 Å². The molecule has 10 heteroatoms. The molecule has 0 fully saturated rings. The summed E-state index contributed by atoms with van der Waals surface area (Å²) in [7, 11) is 0. The molecule has 27 heavy (non-hydrogen) atoms. The minimum Gasteiger partial charge on any atom is -0.361 e. The van der Waals surface area contributed by atoms with Gasteiger partial charge >= 0.3 is 6.18 Å². The van der Waals surface area contributed by atoms with E-state index in [0.717, 1.165) is 23.8 Å². The van der Waals surface area contributed by atoms with Crippen LogP contribution in [0.15, 0.2) is 42.5 Å². The SMILES string of the molecule is Cc1cccc(C(=O)NC(Nc2cc(C(F)(F)F)ccc2Cl)C(Cl)(Cl)Cl)c1. The van der Waals surface area contributed by atoms with Crippen molar-refractivity contribution in [2.75, 3.05) is 5.32 Å². The lowest BCUT2D eigenvalue weighted by atomic mass is 10.1. The zero-order valence-electron chi connectivity index (χ0n) is 13.7. The molecular weight excluding hydrogens is 447 g/mol. The van der Waals surface area contributed by atoms with Crippen LogP contribution in [0.25, 0.3) is 0 Å². The minimum absolute atomic E-state index is 0.0351. The third kappa shape index (κ3) is 6.07. The van der Waals surface area contributed by atoms with Crippen LogP contribution in [0.5, 0.6) is 0 Å². The Kier molecular flexibility index (Phi) is 6.79. The molecule has 0 radical (unpaired) electrons. The number of carbonyl (C=O) groups excluding carboxylic acids is 1. The molecule has 1 atom stereocenters. The maximum atomic E-state index is 12.9. The Balaban J connectivity index is 2.29. The molecule has 0 saturated carbocycles. The van der Waals surface area contributed by atoms with Gasteiger partial charge in [0.1, 0.15) is 6.17 Å². The van der Waals surface area contributed by atoms with Crippen molar-refractivity contribution in [2.24, 2.45) is 0 Å². The molecule has 0 bridgehead atoms. The zero-order chi connectivity index (χ0) is 20.4. The van der Waals surface area contributed by atoms with Crippen molar-refractivity contribution in [2.45, 2.75) is 23.1 Å². The molecule has 0 aliphatic carbocycles. The van der Waals surface area contributed by atoms with E-state index < -0.39 is 27.6 Å². The van der Waals surface area contributed by atoms with Crippen LogP contribution in [0.2, 0.25) is 5.02 Å². The van der Waals surface area contributed by atoms with Gasteiger partial charge in [0.05, 0.1) is 16.3 Å². The van der Waals surface area contributed by atoms with Crippen LogP contribution in [0.3, 0.4) is 0 Å². The summed E-state index contributed by atoms with van der Waals surface area (Å²) < 4.78 is 36.7. The second-order valence-corrected chi connectivity index (χ2v) is 8.43. The van der Waals surface area contributed by atoms with Gasteiger partial charge in [-0.15, -0.1) is 0 Å². The Labute approximate surface area is 173 Å². The molecule has 146 valence electrons. The largest absolute Gasteiger partial charge is 0.416 e. The van der Waals surface area contributed by atoms with E-state index in [0.29, 0.717) is 5.56 Å². The van der Waals surface area contributed by atoms with Crippen LogP contribution in [0.4, 0.5) is 18.9 Å². The number of hydrogen-bond donors (Lipinski definition) is 2. The summed E-state index contributed by atoms with van der Waals surface area (Å²) in [5, 5.41) is 4.97. The highest BCUT2D eigenvalue weighted by Crippen LogP contribution is 2.36. The number of nitrogens with one attached hydrogen (secondary N) is 2. The first-order chi connectivity index (χ1) is 12.4. The fraction of sp³-hybridized carbons (Fsp3) is 0.235. The predicted octanol–water partition coefficient (Wildman–Crippen LogP) is 6.21. The molecule has 1 unspecified atom stereocenters. The first kappa shape index (κ1) is 22.0. The molecule has 1 amide bonds. The summed E-state index contributed by atoms with van der Waals surface area (Å²) in [6, 6.07) is 9.28. The molecule has 0 aromatic heterocycles. The molecule has 0 aliphatic heterocycles. The van der Waals surface area contributed by atoms with Gasteiger partial charge in [0, 0.05) is 5.56 Å². The predicted molar refractivity (Wildman–Crippen MR) is 103 cm³/mol. The van der Waals surface area contributed by atoms with E-state index in [1.165, 1.54) is 0 Å². The van der Waals surface area contributed by atoms with Crippen molar-refractivity contribution in [3.8, 4) is 0 Å². The molecule has 2 aromatic carbocycles. The van der Waals surface area contributed by atoms with E-state index >= 15 is 0 Å². The van der Waals surface area contributed by atoms with Crippen molar-refractivity contribution in [1.82, 2.24) is 5.32 Å². The van der Waals surface area contributed by atoms with E-state index in [1.54, 1.807) is 31.2 Å². The van der Waals surface area contributed by atoms with Gasteiger partial charge in [-0.3, -0.25) is 4.79 Å².